The molecule has 12 heavy (non-hydrogen) atoms. The zero-order valence-electron chi connectivity index (χ0n) is 6.08. The highest BCUT2D eigenvalue weighted by atomic mass is 19.1. The summed E-state index contributed by atoms with van der Waals surface area (Å²) in [6, 6.07) is 3.72. The summed E-state index contributed by atoms with van der Waals surface area (Å²) < 4.78 is 12.8. The molecule has 0 aliphatic heterocycles. The van der Waals surface area contributed by atoms with Crippen LogP contribution >= 0.6 is 0 Å². The third kappa shape index (κ3) is 1.32. The van der Waals surface area contributed by atoms with Gasteiger partial charge in [-0.1, -0.05) is 6.07 Å². The Hall–Kier alpha value is -1.71. The first-order valence-electron chi connectivity index (χ1n) is 3.20. The smallest absolute Gasteiger partial charge is 0.249 e. The summed E-state index contributed by atoms with van der Waals surface area (Å²) in [7, 11) is 0. The highest BCUT2D eigenvalue weighted by Gasteiger charge is 2.10. The second-order valence-electron chi connectivity index (χ2n) is 2.18. The van der Waals surface area contributed by atoms with Crippen molar-refractivity contribution in [2.24, 2.45) is 5.73 Å². The molecule has 0 aliphatic carbocycles. The van der Waals surface area contributed by atoms with Crippen molar-refractivity contribution in [3.05, 3.63) is 35.1 Å². The van der Waals surface area contributed by atoms with Gasteiger partial charge in [-0.3, -0.25) is 9.59 Å². The molecule has 0 saturated heterocycles. The Morgan fingerprint density at radius 1 is 1.50 bits per heavy atom. The van der Waals surface area contributed by atoms with Crippen LogP contribution in [0.1, 0.15) is 20.7 Å². The van der Waals surface area contributed by atoms with E-state index in [2.05, 4.69) is 0 Å². The van der Waals surface area contributed by atoms with Crippen LogP contribution in [0.3, 0.4) is 0 Å². The lowest BCUT2D eigenvalue weighted by molar-refractivity contribution is 0.0992. The van der Waals surface area contributed by atoms with Crippen LogP contribution in [-0.2, 0) is 0 Å². The van der Waals surface area contributed by atoms with Crippen LogP contribution < -0.4 is 5.73 Å². The molecule has 3 nitrogen and oxygen atoms in total. The summed E-state index contributed by atoms with van der Waals surface area (Å²) in [6.07, 6.45) is 0.273. The van der Waals surface area contributed by atoms with Crippen molar-refractivity contribution in [2.75, 3.05) is 0 Å². The van der Waals surface area contributed by atoms with E-state index in [9.17, 15) is 14.0 Å². The van der Waals surface area contributed by atoms with Gasteiger partial charge < -0.3 is 5.73 Å². The maximum absolute atomic E-state index is 12.8. The maximum atomic E-state index is 12.8. The van der Waals surface area contributed by atoms with E-state index in [4.69, 9.17) is 5.73 Å². The van der Waals surface area contributed by atoms with Gasteiger partial charge in [0.15, 0.2) is 6.29 Å². The molecule has 1 aromatic rings. The van der Waals surface area contributed by atoms with Crippen molar-refractivity contribution in [1.29, 1.82) is 0 Å². The molecular weight excluding hydrogens is 161 g/mol. The van der Waals surface area contributed by atoms with Gasteiger partial charge >= 0.3 is 0 Å². The first-order valence-corrected chi connectivity index (χ1v) is 3.20. The van der Waals surface area contributed by atoms with Crippen molar-refractivity contribution in [1.82, 2.24) is 0 Å². The zero-order valence-corrected chi connectivity index (χ0v) is 6.08. The van der Waals surface area contributed by atoms with Gasteiger partial charge in [0.05, 0.1) is 11.1 Å². The molecule has 0 aliphatic rings. The van der Waals surface area contributed by atoms with E-state index in [1.165, 1.54) is 12.1 Å². The Morgan fingerprint density at radius 3 is 2.58 bits per heavy atom. The monoisotopic (exact) mass is 167 g/mol. The van der Waals surface area contributed by atoms with E-state index in [0.29, 0.717) is 0 Å². The van der Waals surface area contributed by atoms with Crippen molar-refractivity contribution in [2.45, 2.75) is 0 Å². The molecule has 0 saturated carbocycles. The molecule has 1 aromatic carbocycles. The van der Waals surface area contributed by atoms with Crippen molar-refractivity contribution in [3.8, 4) is 0 Å². The van der Waals surface area contributed by atoms with Gasteiger partial charge in [-0.05, 0) is 12.1 Å². The molecule has 0 unspecified atom stereocenters. The van der Waals surface area contributed by atoms with Gasteiger partial charge in [-0.2, -0.15) is 0 Å². The van der Waals surface area contributed by atoms with Gasteiger partial charge in [0.2, 0.25) is 5.91 Å². The molecule has 2 N–H and O–H groups in total. The number of hydrogen-bond donors (Lipinski definition) is 1. The quantitative estimate of drug-likeness (QED) is 0.660. The summed E-state index contributed by atoms with van der Waals surface area (Å²) >= 11 is 0. The number of nitrogens with two attached hydrogens (primary N) is 1. The molecule has 0 heterocycles. The zero-order chi connectivity index (χ0) is 9.14. The van der Waals surface area contributed by atoms with E-state index in [1.54, 1.807) is 0 Å². The number of carbonyl (C=O) groups is 2. The fourth-order valence-electron chi connectivity index (χ4n) is 0.872. The fourth-order valence-corrected chi connectivity index (χ4v) is 0.872. The molecule has 0 fully saturated rings. The molecule has 0 spiro atoms. The van der Waals surface area contributed by atoms with Gasteiger partial charge in [0, 0.05) is 0 Å². The Labute approximate surface area is 68.0 Å². The molecule has 4 heteroatoms. The van der Waals surface area contributed by atoms with E-state index < -0.39 is 11.7 Å². The number of aldehydes is 1. The summed E-state index contributed by atoms with van der Waals surface area (Å²) in [6.45, 7) is 0. The summed E-state index contributed by atoms with van der Waals surface area (Å²) in [4.78, 5) is 20.9. The normalized spacial score (nSPS) is 9.42. The lowest BCUT2D eigenvalue weighted by atomic mass is 10.1. The van der Waals surface area contributed by atoms with Crippen LogP contribution in [0.2, 0.25) is 0 Å². The van der Waals surface area contributed by atoms with Gasteiger partial charge in [0.25, 0.3) is 0 Å². The first-order chi connectivity index (χ1) is 5.66. The lowest BCUT2D eigenvalue weighted by Crippen LogP contribution is -2.14. The summed E-state index contributed by atoms with van der Waals surface area (Å²) in [5.41, 5.74) is 4.51. The van der Waals surface area contributed by atoms with Gasteiger partial charge in [-0.25, -0.2) is 4.39 Å². The van der Waals surface area contributed by atoms with Crippen LogP contribution in [0.15, 0.2) is 18.2 Å². The Morgan fingerprint density at radius 2 is 2.17 bits per heavy atom. The molecule has 1 rings (SSSR count). The number of rotatable bonds is 2. The van der Waals surface area contributed by atoms with Crippen molar-refractivity contribution in [3.63, 3.8) is 0 Å². The van der Waals surface area contributed by atoms with Gasteiger partial charge in [0.1, 0.15) is 5.82 Å². The fraction of sp³-hybridized carbons (Fsp3) is 0. The molecule has 0 bridgehead atoms. The molecular formula is C8H6FNO2. The van der Waals surface area contributed by atoms with Crippen LogP contribution in [-0.4, -0.2) is 12.2 Å². The predicted molar refractivity (Wildman–Crippen MR) is 40.3 cm³/mol. The van der Waals surface area contributed by atoms with E-state index in [-0.39, 0.29) is 17.4 Å². The molecule has 0 radical (unpaired) electrons. The number of carbonyl (C=O) groups excluding carboxylic acids is 2. The number of primary amides is 1. The Kier molecular flexibility index (Phi) is 2.19. The average molecular weight is 167 g/mol. The SMILES string of the molecule is NC(=O)c1cccc(F)c1C=O. The molecule has 0 aromatic heterocycles. The number of hydrogen-bond acceptors (Lipinski definition) is 2. The minimum atomic E-state index is -0.809. The number of benzene rings is 1. The lowest BCUT2D eigenvalue weighted by Gasteiger charge is -1.99. The minimum Gasteiger partial charge on any atom is -0.366 e. The Balaban J connectivity index is 3.37. The largest absolute Gasteiger partial charge is 0.366 e. The van der Waals surface area contributed by atoms with Crippen molar-refractivity contribution < 1.29 is 14.0 Å². The molecule has 1 amide bonds. The van der Waals surface area contributed by atoms with E-state index >= 15 is 0 Å². The topological polar surface area (TPSA) is 60.2 Å². The number of amides is 1. The van der Waals surface area contributed by atoms with E-state index in [0.717, 1.165) is 6.07 Å². The first kappa shape index (κ1) is 8.39. The average Bonchev–Trinajstić information content (AvgIpc) is 2.03. The minimum absolute atomic E-state index is 0.0926. The second kappa shape index (κ2) is 3.13. The third-order valence-corrected chi connectivity index (χ3v) is 1.44. The maximum Gasteiger partial charge on any atom is 0.249 e. The molecule has 0 atom stereocenters. The Bertz CT molecular complexity index is 336. The van der Waals surface area contributed by atoms with Crippen LogP contribution in [0.4, 0.5) is 4.39 Å². The standard InChI is InChI=1S/C8H6FNO2/c9-7-3-1-2-5(8(10)12)6(7)4-11/h1-4H,(H2,10,12). The van der Waals surface area contributed by atoms with E-state index in [1.807, 2.05) is 0 Å². The van der Waals surface area contributed by atoms with Crippen LogP contribution in [0.25, 0.3) is 0 Å². The summed E-state index contributed by atoms with van der Waals surface area (Å²) in [5, 5.41) is 0. The number of halogens is 1. The van der Waals surface area contributed by atoms with Crippen LogP contribution in [0, 0.1) is 5.82 Å². The molecule has 62 valence electrons. The highest BCUT2D eigenvalue weighted by Crippen LogP contribution is 2.09. The highest BCUT2D eigenvalue weighted by molar-refractivity contribution is 6.00. The summed E-state index contributed by atoms with van der Waals surface area (Å²) in [5.74, 6) is -1.54. The van der Waals surface area contributed by atoms with Gasteiger partial charge in [-0.15, -0.1) is 0 Å². The third-order valence-electron chi connectivity index (χ3n) is 1.44. The van der Waals surface area contributed by atoms with Crippen molar-refractivity contribution >= 4 is 12.2 Å². The van der Waals surface area contributed by atoms with Crippen LogP contribution in [0.5, 0.6) is 0 Å². The second-order valence-corrected chi connectivity index (χ2v) is 2.18. The predicted octanol–water partition coefficient (Wildman–Crippen LogP) is 0.737.